The molecule has 0 atom stereocenters. The zero-order valence-corrected chi connectivity index (χ0v) is 9.07. The summed E-state index contributed by atoms with van der Waals surface area (Å²) in [7, 11) is 0. The average Bonchev–Trinajstić information content (AvgIpc) is 2.70. The fourth-order valence-corrected chi connectivity index (χ4v) is 1.55. The van der Waals surface area contributed by atoms with Crippen molar-refractivity contribution in [3.63, 3.8) is 0 Å². The topological polar surface area (TPSA) is 69.6 Å². The van der Waals surface area contributed by atoms with Gasteiger partial charge in [-0.15, -0.1) is 5.10 Å². The molecule has 78 valence electrons. The van der Waals surface area contributed by atoms with E-state index in [0.29, 0.717) is 21.6 Å². The maximum Gasteiger partial charge on any atom is 0.170 e. The highest BCUT2D eigenvalue weighted by atomic mass is 35.5. The fourth-order valence-electron chi connectivity index (χ4n) is 1.18. The van der Waals surface area contributed by atoms with Crippen molar-refractivity contribution in [1.82, 2.24) is 20.2 Å². The van der Waals surface area contributed by atoms with Gasteiger partial charge in [0.1, 0.15) is 0 Å². The van der Waals surface area contributed by atoms with E-state index in [9.17, 15) is 0 Å². The number of nitrogens with two attached hydrogens (primary N) is 1. The second kappa shape index (κ2) is 4.14. The van der Waals surface area contributed by atoms with Gasteiger partial charge in [0.2, 0.25) is 0 Å². The molecule has 0 aliphatic rings. The van der Waals surface area contributed by atoms with Gasteiger partial charge in [-0.3, -0.25) is 0 Å². The van der Waals surface area contributed by atoms with Crippen LogP contribution in [0.25, 0.3) is 5.69 Å². The van der Waals surface area contributed by atoms with Crippen LogP contribution < -0.4 is 5.73 Å². The zero-order valence-electron chi connectivity index (χ0n) is 7.56. The van der Waals surface area contributed by atoms with Crippen LogP contribution in [0, 0.1) is 0 Å². The lowest BCUT2D eigenvalue weighted by atomic mass is 10.3. The lowest BCUT2D eigenvalue weighted by Gasteiger charge is -2.05. The SMILES string of the molecule is NCc1nnnn1-c1cccc(Cl)c1Cl. The van der Waals surface area contributed by atoms with Crippen LogP contribution in [0.5, 0.6) is 0 Å². The van der Waals surface area contributed by atoms with Gasteiger partial charge < -0.3 is 5.73 Å². The molecule has 1 heterocycles. The molecule has 2 rings (SSSR count). The first-order chi connectivity index (χ1) is 7.24. The number of tetrazole rings is 1. The van der Waals surface area contributed by atoms with Crippen molar-refractivity contribution in [3.05, 3.63) is 34.1 Å². The quantitative estimate of drug-likeness (QED) is 0.867. The standard InChI is InChI=1S/C8H7Cl2N5/c9-5-2-1-3-6(8(5)10)15-7(4-11)12-13-14-15/h1-3H,4,11H2. The molecule has 0 saturated carbocycles. The fraction of sp³-hybridized carbons (Fsp3) is 0.125. The molecule has 7 heteroatoms. The van der Waals surface area contributed by atoms with E-state index in [1.165, 1.54) is 4.68 Å². The van der Waals surface area contributed by atoms with E-state index in [2.05, 4.69) is 15.5 Å². The van der Waals surface area contributed by atoms with Gasteiger partial charge in [-0.2, -0.15) is 4.68 Å². The van der Waals surface area contributed by atoms with Crippen LogP contribution in [0.15, 0.2) is 18.2 Å². The van der Waals surface area contributed by atoms with Gasteiger partial charge in [-0.25, -0.2) is 0 Å². The minimum absolute atomic E-state index is 0.232. The summed E-state index contributed by atoms with van der Waals surface area (Å²) >= 11 is 11.9. The summed E-state index contributed by atoms with van der Waals surface area (Å²) in [4.78, 5) is 0. The Balaban J connectivity index is 2.59. The second-order valence-corrected chi connectivity index (χ2v) is 3.57. The Bertz CT molecular complexity index is 482. The van der Waals surface area contributed by atoms with Crippen LogP contribution in [-0.2, 0) is 6.54 Å². The molecule has 1 aromatic carbocycles. The lowest BCUT2D eigenvalue weighted by molar-refractivity contribution is 0.761. The van der Waals surface area contributed by atoms with E-state index in [1.54, 1.807) is 18.2 Å². The van der Waals surface area contributed by atoms with E-state index in [-0.39, 0.29) is 6.54 Å². The lowest BCUT2D eigenvalue weighted by Crippen LogP contribution is -2.08. The van der Waals surface area contributed by atoms with Crippen LogP contribution in [0.4, 0.5) is 0 Å². The Kier molecular flexibility index (Phi) is 2.86. The molecule has 1 aromatic heterocycles. The minimum Gasteiger partial charge on any atom is -0.324 e. The molecule has 0 amide bonds. The van der Waals surface area contributed by atoms with Crippen LogP contribution in [0.3, 0.4) is 0 Å². The molecule has 0 saturated heterocycles. The van der Waals surface area contributed by atoms with Crippen molar-refractivity contribution in [3.8, 4) is 5.69 Å². The number of hydrogen-bond acceptors (Lipinski definition) is 4. The maximum absolute atomic E-state index is 6.02. The third-order valence-corrected chi connectivity index (χ3v) is 2.68. The summed E-state index contributed by atoms with van der Waals surface area (Å²) in [6, 6.07) is 5.23. The molecule has 5 nitrogen and oxygen atoms in total. The maximum atomic E-state index is 6.02. The molecule has 0 aliphatic heterocycles. The monoisotopic (exact) mass is 243 g/mol. The van der Waals surface area contributed by atoms with E-state index in [1.807, 2.05) is 0 Å². The van der Waals surface area contributed by atoms with Crippen molar-refractivity contribution >= 4 is 23.2 Å². The van der Waals surface area contributed by atoms with Crippen LogP contribution >= 0.6 is 23.2 Å². The van der Waals surface area contributed by atoms with Gasteiger partial charge in [0.25, 0.3) is 0 Å². The Labute approximate surface area is 95.8 Å². The smallest absolute Gasteiger partial charge is 0.170 e. The minimum atomic E-state index is 0.232. The Hall–Kier alpha value is -1.17. The normalized spacial score (nSPS) is 10.6. The molecule has 15 heavy (non-hydrogen) atoms. The summed E-state index contributed by atoms with van der Waals surface area (Å²) in [6.07, 6.45) is 0. The predicted octanol–water partition coefficient (Wildman–Crippen LogP) is 1.43. The Morgan fingerprint density at radius 2 is 2.13 bits per heavy atom. The Morgan fingerprint density at radius 3 is 2.87 bits per heavy atom. The highest BCUT2D eigenvalue weighted by Crippen LogP contribution is 2.28. The van der Waals surface area contributed by atoms with Gasteiger partial charge >= 0.3 is 0 Å². The van der Waals surface area contributed by atoms with Crippen molar-refractivity contribution < 1.29 is 0 Å². The summed E-state index contributed by atoms with van der Waals surface area (Å²) in [5.41, 5.74) is 6.10. The molecule has 0 fully saturated rings. The number of halogens is 2. The third-order valence-electron chi connectivity index (χ3n) is 1.88. The largest absolute Gasteiger partial charge is 0.324 e. The highest BCUT2D eigenvalue weighted by Gasteiger charge is 2.11. The van der Waals surface area contributed by atoms with Gasteiger partial charge in [0.05, 0.1) is 22.3 Å². The molecule has 2 aromatic rings. The number of aromatic nitrogens is 4. The first-order valence-electron chi connectivity index (χ1n) is 4.15. The van der Waals surface area contributed by atoms with Crippen molar-refractivity contribution in [2.45, 2.75) is 6.54 Å². The first-order valence-corrected chi connectivity index (χ1v) is 4.91. The second-order valence-electron chi connectivity index (χ2n) is 2.78. The van der Waals surface area contributed by atoms with Crippen molar-refractivity contribution in [1.29, 1.82) is 0 Å². The predicted molar refractivity (Wildman–Crippen MR) is 57.1 cm³/mol. The van der Waals surface area contributed by atoms with E-state index >= 15 is 0 Å². The van der Waals surface area contributed by atoms with Gasteiger partial charge in [-0.05, 0) is 22.6 Å². The summed E-state index contributed by atoms with van der Waals surface area (Å²) in [6.45, 7) is 0.232. The van der Waals surface area contributed by atoms with Crippen LogP contribution in [0.2, 0.25) is 10.0 Å². The molecule has 2 N–H and O–H groups in total. The van der Waals surface area contributed by atoms with Crippen LogP contribution in [0.1, 0.15) is 5.82 Å². The van der Waals surface area contributed by atoms with Gasteiger partial charge in [0.15, 0.2) is 5.82 Å². The van der Waals surface area contributed by atoms with Gasteiger partial charge in [0, 0.05) is 0 Å². The van der Waals surface area contributed by atoms with Gasteiger partial charge in [-0.1, -0.05) is 29.3 Å². The molecule has 0 spiro atoms. The highest BCUT2D eigenvalue weighted by molar-refractivity contribution is 6.43. The molecule has 0 bridgehead atoms. The molecule has 0 aliphatic carbocycles. The summed E-state index contributed by atoms with van der Waals surface area (Å²) in [5.74, 6) is 0.527. The van der Waals surface area contributed by atoms with Crippen LogP contribution in [-0.4, -0.2) is 20.2 Å². The third kappa shape index (κ3) is 1.81. The number of rotatable bonds is 2. The summed E-state index contributed by atoms with van der Waals surface area (Å²) < 4.78 is 1.47. The molecule has 0 radical (unpaired) electrons. The van der Waals surface area contributed by atoms with Crippen molar-refractivity contribution in [2.75, 3.05) is 0 Å². The zero-order chi connectivity index (χ0) is 10.8. The number of hydrogen-bond donors (Lipinski definition) is 1. The number of nitrogens with zero attached hydrogens (tertiary/aromatic N) is 4. The number of benzene rings is 1. The van der Waals surface area contributed by atoms with Crippen molar-refractivity contribution in [2.24, 2.45) is 5.73 Å². The Morgan fingerprint density at radius 1 is 1.33 bits per heavy atom. The molecular weight excluding hydrogens is 237 g/mol. The summed E-state index contributed by atoms with van der Waals surface area (Å²) in [5, 5.41) is 11.9. The first kappa shape index (κ1) is 10.4. The van der Waals surface area contributed by atoms with E-state index in [0.717, 1.165) is 0 Å². The molecular formula is C8H7Cl2N5. The van der Waals surface area contributed by atoms with E-state index in [4.69, 9.17) is 28.9 Å². The molecule has 0 unspecified atom stereocenters. The van der Waals surface area contributed by atoms with E-state index < -0.39 is 0 Å². The average molecular weight is 244 g/mol.